The van der Waals surface area contributed by atoms with Gasteiger partial charge in [0.15, 0.2) is 0 Å². The summed E-state index contributed by atoms with van der Waals surface area (Å²) < 4.78 is 38.4. The molecule has 0 saturated carbocycles. The smallest absolute Gasteiger partial charge is 0.396 e. The van der Waals surface area contributed by atoms with Crippen LogP contribution in [0.1, 0.15) is 23.1 Å². The Morgan fingerprint density at radius 1 is 1.00 bits per heavy atom. The molecule has 4 rings (SSSR count). The Balaban J connectivity index is 1.51. The van der Waals surface area contributed by atoms with Crippen LogP contribution in [0.3, 0.4) is 0 Å². The fourth-order valence-corrected chi connectivity index (χ4v) is 4.11. The van der Waals surface area contributed by atoms with Crippen LogP contribution in [0.5, 0.6) is 0 Å². The maximum absolute atomic E-state index is 12.8. The molecule has 0 aromatic heterocycles. The highest BCUT2D eigenvalue weighted by molar-refractivity contribution is 5.75. The third kappa shape index (κ3) is 4.10. The van der Waals surface area contributed by atoms with Crippen molar-refractivity contribution in [1.82, 2.24) is 9.80 Å². The van der Waals surface area contributed by atoms with Crippen molar-refractivity contribution < 1.29 is 23.1 Å². The van der Waals surface area contributed by atoms with Gasteiger partial charge in [-0.2, -0.15) is 13.2 Å². The van der Waals surface area contributed by atoms with Crippen LogP contribution in [0, 0.1) is 5.92 Å². The van der Waals surface area contributed by atoms with Crippen LogP contribution >= 0.6 is 0 Å². The van der Waals surface area contributed by atoms with Crippen molar-refractivity contribution in [3.63, 3.8) is 0 Å². The Morgan fingerprint density at radius 2 is 1.72 bits per heavy atom. The number of aliphatic hydroxyl groups excluding tert-OH is 1. The third-order valence-corrected chi connectivity index (χ3v) is 5.85. The van der Waals surface area contributed by atoms with Gasteiger partial charge in [-0.3, -0.25) is 0 Å². The maximum atomic E-state index is 12.8. The lowest BCUT2D eigenvalue weighted by Crippen LogP contribution is -2.44. The van der Waals surface area contributed by atoms with Gasteiger partial charge >= 0.3 is 12.2 Å². The molecule has 154 valence electrons. The van der Waals surface area contributed by atoms with Crippen LogP contribution < -0.4 is 0 Å². The van der Waals surface area contributed by atoms with E-state index in [1.807, 2.05) is 23.1 Å². The number of aliphatic hydroxyl groups is 1. The highest BCUT2D eigenvalue weighted by atomic mass is 19.4. The first kappa shape index (κ1) is 19.8. The number of urea groups is 1. The van der Waals surface area contributed by atoms with Gasteiger partial charge in [-0.25, -0.2) is 4.79 Å². The van der Waals surface area contributed by atoms with E-state index in [0.29, 0.717) is 26.2 Å². The predicted molar refractivity (Wildman–Crippen MR) is 103 cm³/mol. The summed E-state index contributed by atoms with van der Waals surface area (Å²) in [6.45, 7) is 2.49. The van der Waals surface area contributed by atoms with Crippen LogP contribution in [0.15, 0.2) is 42.5 Å². The number of benzene rings is 2. The van der Waals surface area contributed by atoms with Crippen molar-refractivity contribution in [1.29, 1.82) is 0 Å². The first-order chi connectivity index (χ1) is 13.8. The van der Waals surface area contributed by atoms with Crippen molar-refractivity contribution in [2.24, 2.45) is 5.92 Å². The molecule has 1 atom stereocenters. The number of hydrogen-bond donors (Lipinski definition) is 1. The number of hydrogen-bond acceptors (Lipinski definition) is 2. The zero-order chi connectivity index (χ0) is 20.6. The molecule has 2 aromatic carbocycles. The Labute approximate surface area is 167 Å². The lowest BCUT2D eigenvalue weighted by atomic mass is 9.94. The Morgan fingerprint density at radius 3 is 2.38 bits per heavy atom. The molecule has 2 aliphatic heterocycles. The minimum atomic E-state index is -4.35. The second-order valence-electron chi connectivity index (χ2n) is 7.80. The molecule has 4 nitrogen and oxygen atoms in total. The first-order valence-electron chi connectivity index (χ1n) is 9.79. The Bertz CT molecular complexity index is 896. The molecule has 0 radical (unpaired) electrons. The van der Waals surface area contributed by atoms with Gasteiger partial charge in [0, 0.05) is 38.7 Å². The summed E-state index contributed by atoms with van der Waals surface area (Å²) >= 11 is 0. The molecular formula is C22H23F3N2O2. The molecule has 0 bridgehead atoms. The van der Waals surface area contributed by atoms with E-state index in [-0.39, 0.29) is 18.6 Å². The predicted octanol–water partition coefficient (Wildman–Crippen LogP) is 4.16. The van der Waals surface area contributed by atoms with E-state index in [0.717, 1.165) is 41.7 Å². The van der Waals surface area contributed by atoms with Crippen LogP contribution in [-0.4, -0.2) is 47.2 Å². The van der Waals surface area contributed by atoms with Crippen molar-refractivity contribution in [2.75, 3.05) is 26.2 Å². The molecule has 2 amide bonds. The number of carbonyl (C=O) groups excluding carboxylic acids is 1. The topological polar surface area (TPSA) is 43.8 Å². The molecule has 1 saturated heterocycles. The van der Waals surface area contributed by atoms with Gasteiger partial charge in [0.2, 0.25) is 0 Å². The van der Waals surface area contributed by atoms with E-state index in [1.165, 1.54) is 17.7 Å². The van der Waals surface area contributed by atoms with Crippen LogP contribution in [-0.2, 0) is 19.1 Å². The number of halogens is 3. The van der Waals surface area contributed by atoms with Gasteiger partial charge in [0.05, 0.1) is 5.56 Å². The number of carbonyl (C=O) groups is 1. The summed E-state index contributed by atoms with van der Waals surface area (Å²) in [7, 11) is 0. The highest BCUT2D eigenvalue weighted by Crippen LogP contribution is 2.32. The van der Waals surface area contributed by atoms with E-state index in [9.17, 15) is 23.1 Å². The van der Waals surface area contributed by atoms with E-state index >= 15 is 0 Å². The van der Waals surface area contributed by atoms with Crippen LogP contribution in [0.2, 0.25) is 0 Å². The van der Waals surface area contributed by atoms with Crippen molar-refractivity contribution in [3.8, 4) is 11.1 Å². The normalized spacial score (nSPS) is 19.4. The number of alkyl halides is 3. The number of likely N-dealkylation sites (tertiary alicyclic amines) is 1. The second-order valence-corrected chi connectivity index (χ2v) is 7.80. The Kier molecular flexibility index (Phi) is 5.25. The number of nitrogens with zero attached hydrogens (tertiary/aromatic N) is 2. The standard InChI is InChI=1S/C22H23F3N2O2/c23-22(24,25)20-5-3-16(4-6-20)18-2-1-17-8-10-27(13-19(17)11-18)21(29)26-9-7-15(12-26)14-28/h1-6,11,15,28H,7-10,12-14H2. The monoisotopic (exact) mass is 404 g/mol. The van der Waals surface area contributed by atoms with E-state index < -0.39 is 11.7 Å². The molecular weight excluding hydrogens is 381 g/mol. The zero-order valence-electron chi connectivity index (χ0n) is 16.0. The first-order valence-corrected chi connectivity index (χ1v) is 9.79. The molecule has 1 fully saturated rings. The molecule has 2 aliphatic rings. The minimum Gasteiger partial charge on any atom is -0.396 e. The molecule has 1 N–H and O–H groups in total. The lowest BCUT2D eigenvalue weighted by molar-refractivity contribution is -0.137. The summed E-state index contributed by atoms with van der Waals surface area (Å²) in [6.07, 6.45) is -2.77. The minimum absolute atomic E-state index is 0.00784. The van der Waals surface area contributed by atoms with Crippen molar-refractivity contribution in [3.05, 3.63) is 59.2 Å². The fraction of sp³-hybridized carbons (Fsp3) is 0.409. The van der Waals surface area contributed by atoms with Crippen molar-refractivity contribution >= 4 is 6.03 Å². The number of amides is 2. The van der Waals surface area contributed by atoms with Gasteiger partial charge in [-0.15, -0.1) is 0 Å². The van der Waals surface area contributed by atoms with Gasteiger partial charge < -0.3 is 14.9 Å². The SMILES string of the molecule is O=C(N1CCc2ccc(-c3ccc(C(F)(F)F)cc3)cc2C1)N1CCC(CO)C1. The average molecular weight is 404 g/mol. The molecule has 2 heterocycles. The molecule has 2 aromatic rings. The van der Waals surface area contributed by atoms with Gasteiger partial charge in [0.25, 0.3) is 0 Å². The Hall–Kier alpha value is -2.54. The summed E-state index contributed by atoms with van der Waals surface area (Å²) in [6, 6.07) is 11.0. The summed E-state index contributed by atoms with van der Waals surface area (Å²) in [5, 5.41) is 9.29. The van der Waals surface area contributed by atoms with Gasteiger partial charge in [0.1, 0.15) is 0 Å². The molecule has 0 aliphatic carbocycles. The van der Waals surface area contributed by atoms with Crippen molar-refractivity contribution in [2.45, 2.75) is 25.6 Å². The summed E-state index contributed by atoms with van der Waals surface area (Å²) in [5.41, 5.74) is 3.09. The third-order valence-electron chi connectivity index (χ3n) is 5.85. The van der Waals surface area contributed by atoms with Crippen LogP contribution in [0.25, 0.3) is 11.1 Å². The highest BCUT2D eigenvalue weighted by Gasteiger charge is 2.31. The molecule has 29 heavy (non-hydrogen) atoms. The lowest BCUT2D eigenvalue weighted by Gasteiger charge is -2.32. The second kappa shape index (κ2) is 7.71. The fourth-order valence-electron chi connectivity index (χ4n) is 4.11. The largest absolute Gasteiger partial charge is 0.416 e. The molecule has 1 unspecified atom stereocenters. The van der Waals surface area contributed by atoms with E-state index in [2.05, 4.69) is 0 Å². The molecule has 7 heteroatoms. The van der Waals surface area contributed by atoms with E-state index in [1.54, 1.807) is 4.90 Å². The summed E-state index contributed by atoms with van der Waals surface area (Å²) in [4.78, 5) is 16.4. The van der Waals surface area contributed by atoms with E-state index in [4.69, 9.17) is 0 Å². The summed E-state index contributed by atoms with van der Waals surface area (Å²) in [5.74, 6) is 0.155. The number of fused-ring (bicyclic) bond motifs is 1. The maximum Gasteiger partial charge on any atom is 0.416 e. The van der Waals surface area contributed by atoms with Gasteiger partial charge in [-0.1, -0.05) is 24.3 Å². The molecule has 0 spiro atoms. The number of rotatable bonds is 2. The average Bonchev–Trinajstić information content (AvgIpc) is 3.21. The van der Waals surface area contributed by atoms with Crippen LogP contribution in [0.4, 0.5) is 18.0 Å². The van der Waals surface area contributed by atoms with Gasteiger partial charge in [-0.05, 0) is 53.3 Å². The zero-order valence-corrected chi connectivity index (χ0v) is 16.0. The quantitative estimate of drug-likeness (QED) is 0.817.